The summed E-state index contributed by atoms with van der Waals surface area (Å²) < 4.78 is 0. The predicted octanol–water partition coefficient (Wildman–Crippen LogP) is 3.97. The normalized spacial score (nSPS) is 10.5. The van der Waals surface area contributed by atoms with Crippen molar-refractivity contribution in [3.63, 3.8) is 0 Å². The van der Waals surface area contributed by atoms with E-state index in [4.69, 9.17) is 0 Å². The van der Waals surface area contributed by atoms with Gasteiger partial charge in [0.1, 0.15) is 5.69 Å². The highest BCUT2D eigenvalue weighted by molar-refractivity contribution is 5.99. The zero-order valence-corrected chi connectivity index (χ0v) is 13.2. The molecular weight excluding hydrogens is 260 g/mol. The van der Waals surface area contributed by atoms with Gasteiger partial charge in [0.05, 0.1) is 5.69 Å². The molecule has 0 N–H and O–H groups in total. The summed E-state index contributed by atoms with van der Waals surface area (Å²) in [6.07, 6.45) is 3.28. The fourth-order valence-electron chi connectivity index (χ4n) is 2.31. The molecule has 3 heteroatoms. The van der Waals surface area contributed by atoms with Gasteiger partial charge in [0.25, 0.3) is 0 Å². The van der Waals surface area contributed by atoms with E-state index < -0.39 is 0 Å². The van der Waals surface area contributed by atoms with Gasteiger partial charge in [-0.3, -0.25) is 9.78 Å². The quantitative estimate of drug-likeness (QED) is 0.778. The molecule has 0 radical (unpaired) electrons. The number of benzene rings is 1. The number of hydrogen-bond acceptors (Lipinski definition) is 3. The van der Waals surface area contributed by atoms with E-state index >= 15 is 0 Å². The number of Topliss-reactive ketones (excluding diaryl/α,β-unsaturated/α-hetero) is 1. The highest BCUT2D eigenvalue weighted by Crippen LogP contribution is 2.27. The Hall–Kier alpha value is -2.16. The van der Waals surface area contributed by atoms with E-state index in [0.29, 0.717) is 12.1 Å². The summed E-state index contributed by atoms with van der Waals surface area (Å²) in [7, 11) is 3.88. The van der Waals surface area contributed by atoms with Gasteiger partial charge in [0, 0.05) is 32.3 Å². The summed E-state index contributed by atoms with van der Waals surface area (Å²) in [5.41, 5.74) is 4.91. The van der Waals surface area contributed by atoms with Crippen LogP contribution in [0.15, 0.2) is 36.5 Å². The number of rotatable bonds is 5. The molecule has 21 heavy (non-hydrogen) atoms. The predicted molar refractivity (Wildman–Crippen MR) is 88.0 cm³/mol. The Kier molecular flexibility index (Phi) is 4.73. The van der Waals surface area contributed by atoms with Crippen molar-refractivity contribution in [3.05, 3.63) is 47.8 Å². The molecule has 0 spiro atoms. The fraction of sp³-hybridized carbons (Fsp3) is 0.333. The van der Waals surface area contributed by atoms with Crippen LogP contribution in [0, 0.1) is 0 Å². The molecule has 0 bridgehead atoms. The number of aryl methyl sites for hydroxylation is 1. The van der Waals surface area contributed by atoms with Crippen LogP contribution in [0.25, 0.3) is 11.1 Å². The second-order valence-electron chi connectivity index (χ2n) is 5.32. The van der Waals surface area contributed by atoms with E-state index in [1.807, 2.05) is 32.0 Å². The summed E-state index contributed by atoms with van der Waals surface area (Å²) in [4.78, 5) is 18.4. The first-order chi connectivity index (χ1) is 10.1. The van der Waals surface area contributed by atoms with Crippen LogP contribution in [0.3, 0.4) is 0 Å². The molecule has 0 fully saturated rings. The molecule has 1 heterocycles. The lowest BCUT2D eigenvalue weighted by Gasteiger charge is -2.17. The largest absolute Gasteiger partial charge is 0.376 e. The number of anilines is 1. The van der Waals surface area contributed by atoms with Gasteiger partial charge >= 0.3 is 0 Å². The van der Waals surface area contributed by atoms with E-state index in [0.717, 1.165) is 23.2 Å². The average molecular weight is 282 g/mol. The minimum atomic E-state index is 0.0764. The lowest BCUT2D eigenvalue weighted by molar-refractivity contribution is 0.0984. The van der Waals surface area contributed by atoms with Crippen LogP contribution in [0.4, 0.5) is 5.69 Å². The van der Waals surface area contributed by atoms with Crippen LogP contribution in [0.5, 0.6) is 0 Å². The molecule has 0 amide bonds. The van der Waals surface area contributed by atoms with E-state index in [-0.39, 0.29) is 5.78 Å². The summed E-state index contributed by atoms with van der Waals surface area (Å²) >= 11 is 0. The minimum Gasteiger partial charge on any atom is -0.376 e. The molecule has 2 aromatic rings. The van der Waals surface area contributed by atoms with Crippen molar-refractivity contribution in [3.8, 4) is 11.1 Å². The highest BCUT2D eigenvalue weighted by Gasteiger charge is 2.14. The maximum atomic E-state index is 12.0. The van der Waals surface area contributed by atoms with Gasteiger partial charge < -0.3 is 4.90 Å². The van der Waals surface area contributed by atoms with Gasteiger partial charge in [-0.1, -0.05) is 38.1 Å². The van der Waals surface area contributed by atoms with Crippen molar-refractivity contribution in [1.82, 2.24) is 4.98 Å². The monoisotopic (exact) mass is 282 g/mol. The molecule has 1 aromatic carbocycles. The number of nitrogens with zero attached hydrogens (tertiary/aromatic N) is 2. The Bertz CT molecular complexity index is 647. The zero-order chi connectivity index (χ0) is 15.4. The second kappa shape index (κ2) is 6.53. The average Bonchev–Trinajstić information content (AvgIpc) is 2.53. The maximum absolute atomic E-state index is 12.0. The van der Waals surface area contributed by atoms with Gasteiger partial charge in [0.2, 0.25) is 0 Å². The van der Waals surface area contributed by atoms with E-state index in [9.17, 15) is 4.79 Å². The highest BCUT2D eigenvalue weighted by atomic mass is 16.1. The van der Waals surface area contributed by atoms with Crippen LogP contribution in [-0.4, -0.2) is 24.9 Å². The fourth-order valence-corrected chi connectivity index (χ4v) is 2.31. The van der Waals surface area contributed by atoms with E-state index in [1.165, 1.54) is 5.56 Å². The van der Waals surface area contributed by atoms with Gasteiger partial charge in [-0.25, -0.2) is 0 Å². The van der Waals surface area contributed by atoms with Gasteiger partial charge in [-0.2, -0.15) is 0 Å². The first-order valence-electron chi connectivity index (χ1n) is 7.36. The van der Waals surface area contributed by atoms with Crippen molar-refractivity contribution in [2.45, 2.75) is 26.7 Å². The molecule has 0 atom stereocenters. The number of ketones is 1. The molecule has 0 saturated carbocycles. The lowest BCUT2D eigenvalue weighted by Crippen LogP contribution is -2.15. The standard InChI is InChI=1S/C18H22N2O/c1-5-13-8-7-9-14(10-13)15-11-16(20(3)4)18(19-12-15)17(21)6-2/h7-12H,5-6H2,1-4H3. The van der Waals surface area contributed by atoms with Crippen LogP contribution < -0.4 is 4.90 Å². The Morgan fingerprint density at radius 1 is 1.14 bits per heavy atom. The van der Waals surface area contributed by atoms with Crippen LogP contribution in [-0.2, 0) is 6.42 Å². The maximum Gasteiger partial charge on any atom is 0.183 e. The van der Waals surface area contributed by atoms with Gasteiger partial charge in [0.15, 0.2) is 5.78 Å². The topological polar surface area (TPSA) is 33.2 Å². The summed E-state index contributed by atoms with van der Waals surface area (Å²) in [5.74, 6) is 0.0764. The molecule has 0 aliphatic heterocycles. The van der Waals surface area contributed by atoms with E-state index in [2.05, 4.69) is 36.2 Å². The van der Waals surface area contributed by atoms with Crippen LogP contribution in [0.2, 0.25) is 0 Å². The first-order valence-corrected chi connectivity index (χ1v) is 7.36. The van der Waals surface area contributed by atoms with Crippen molar-refractivity contribution in [2.75, 3.05) is 19.0 Å². The van der Waals surface area contributed by atoms with Gasteiger partial charge in [-0.15, -0.1) is 0 Å². The molecule has 0 aliphatic carbocycles. The molecule has 0 saturated heterocycles. The number of carbonyl (C=O) groups excluding carboxylic acids is 1. The van der Waals surface area contributed by atoms with Gasteiger partial charge in [-0.05, 0) is 23.6 Å². The minimum absolute atomic E-state index is 0.0764. The number of carbonyl (C=O) groups is 1. The Balaban J connectivity index is 2.51. The molecule has 3 nitrogen and oxygen atoms in total. The first kappa shape index (κ1) is 15.2. The molecular formula is C18H22N2O. The van der Waals surface area contributed by atoms with Crippen LogP contribution >= 0.6 is 0 Å². The number of hydrogen-bond donors (Lipinski definition) is 0. The van der Waals surface area contributed by atoms with Crippen LogP contribution in [0.1, 0.15) is 36.3 Å². The van der Waals surface area contributed by atoms with Crippen molar-refractivity contribution >= 4 is 11.5 Å². The van der Waals surface area contributed by atoms with E-state index in [1.54, 1.807) is 6.20 Å². The number of pyridine rings is 1. The third-order valence-electron chi connectivity index (χ3n) is 3.60. The Morgan fingerprint density at radius 3 is 2.52 bits per heavy atom. The SMILES string of the molecule is CCC(=O)c1ncc(-c2cccc(CC)c2)cc1N(C)C. The van der Waals surface area contributed by atoms with Crippen molar-refractivity contribution in [1.29, 1.82) is 0 Å². The molecule has 110 valence electrons. The Morgan fingerprint density at radius 2 is 1.90 bits per heavy atom. The summed E-state index contributed by atoms with van der Waals surface area (Å²) in [6.45, 7) is 4.01. The van der Waals surface area contributed by atoms with Crippen molar-refractivity contribution < 1.29 is 4.79 Å². The molecule has 2 rings (SSSR count). The third-order valence-corrected chi connectivity index (χ3v) is 3.60. The zero-order valence-electron chi connectivity index (χ0n) is 13.2. The number of aromatic nitrogens is 1. The Labute approximate surface area is 126 Å². The second-order valence-corrected chi connectivity index (χ2v) is 5.32. The molecule has 0 unspecified atom stereocenters. The molecule has 1 aromatic heterocycles. The lowest BCUT2D eigenvalue weighted by atomic mass is 10.0. The molecule has 0 aliphatic rings. The summed E-state index contributed by atoms with van der Waals surface area (Å²) in [6, 6.07) is 10.5. The third kappa shape index (κ3) is 3.30. The smallest absolute Gasteiger partial charge is 0.183 e. The summed E-state index contributed by atoms with van der Waals surface area (Å²) in [5, 5.41) is 0. The van der Waals surface area contributed by atoms with Crippen molar-refractivity contribution in [2.24, 2.45) is 0 Å².